The number of ether oxygens (including phenoxy) is 2. The summed E-state index contributed by atoms with van der Waals surface area (Å²) in [5.41, 5.74) is 3.30. The average Bonchev–Trinajstić information content (AvgIpc) is 3.30. The number of rotatable bonds is 7. The second kappa shape index (κ2) is 9.44. The van der Waals surface area contributed by atoms with Crippen LogP contribution < -0.4 is 20.7 Å². The monoisotopic (exact) mass is 419 g/mol. The second-order valence-corrected chi connectivity index (χ2v) is 7.32. The van der Waals surface area contributed by atoms with Crippen LogP contribution >= 0.6 is 0 Å². The molecule has 0 spiro atoms. The Bertz CT molecular complexity index is 1030. The Hall–Kier alpha value is -3.65. The van der Waals surface area contributed by atoms with Crippen molar-refractivity contribution in [2.75, 3.05) is 36.3 Å². The van der Waals surface area contributed by atoms with Crippen molar-refractivity contribution in [1.29, 1.82) is 0 Å². The number of aromatic nitrogens is 2. The largest absolute Gasteiger partial charge is 0.497 e. The van der Waals surface area contributed by atoms with Gasteiger partial charge in [-0.2, -0.15) is 4.98 Å². The van der Waals surface area contributed by atoms with Gasteiger partial charge in [-0.15, -0.1) is 0 Å². The van der Waals surface area contributed by atoms with Crippen LogP contribution in [0.2, 0.25) is 0 Å². The molecule has 31 heavy (non-hydrogen) atoms. The smallest absolute Gasteiger partial charge is 0.229 e. The molecule has 3 N–H and O–H groups in total. The van der Waals surface area contributed by atoms with Crippen molar-refractivity contribution >= 4 is 34.7 Å². The molecule has 2 aromatic carbocycles. The maximum Gasteiger partial charge on any atom is 0.229 e. The van der Waals surface area contributed by atoms with Crippen LogP contribution in [0.3, 0.4) is 0 Å². The fourth-order valence-electron chi connectivity index (χ4n) is 3.26. The van der Waals surface area contributed by atoms with Gasteiger partial charge in [0.05, 0.1) is 19.6 Å². The Morgan fingerprint density at radius 2 is 1.68 bits per heavy atom. The first kappa shape index (κ1) is 20.6. The molecule has 1 aromatic heterocycles. The van der Waals surface area contributed by atoms with Gasteiger partial charge in [-0.3, -0.25) is 4.79 Å². The summed E-state index contributed by atoms with van der Waals surface area (Å²) in [6, 6.07) is 16.9. The number of carbonyl (C=O) groups excluding carboxylic acids is 1. The minimum absolute atomic E-state index is 0.00512. The summed E-state index contributed by atoms with van der Waals surface area (Å²) in [6.07, 6.45) is 0.767. The van der Waals surface area contributed by atoms with E-state index in [4.69, 9.17) is 9.47 Å². The lowest BCUT2D eigenvalue weighted by molar-refractivity contribution is -0.119. The molecule has 1 aliphatic heterocycles. The fraction of sp³-hybridized carbons (Fsp3) is 0.261. The van der Waals surface area contributed by atoms with E-state index in [0.717, 1.165) is 34.9 Å². The lowest BCUT2D eigenvalue weighted by Gasteiger charge is -2.12. The molecule has 1 fully saturated rings. The van der Waals surface area contributed by atoms with Crippen LogP contribution in [0, 0.1) is 12.8 Å². The van der Waals surface area contributed by atoms with Crippen molar-refractivity contribution in [3.05, 3.63) is 60.3 Å². The van der Waals surface area contributed by atoms with E-state index < -0.39 is 0 Å². The van der Waals surface area contributed by atoms with Gasteiger partial charge in [-0.25, -0.2) is 4.98 Å². The number of anilines is 5. The molecular formula is C23H25N5O3. The predicted molar refractivity (Wildman–Crippen MR) is 120 cm³/mol. The lowest BCUT2D eigenvalue weighted by atomic mass is 10.1. The van der Waals surface area contributed by atoms with Gasteiger partial charge in [0.1, 0.15) is 11.6 Å². The summed E-state index contributed by atoms with van der Waals surface area (Å²) in [7, 11) is 1.64. The number of nitrogens with one attached hydrogen (secondary N) is 3. The van der Waals surface area contributed by atoms with E-state index in [1.54, 1.807) is 7.11 Å². The Morgan fingerprint density at radius 3 is 2.35 bits per heavy atom. The van der Waals surface area contributed by atoms with Crippen molar-refractivity contribution in [3.63, 3.8) is 0 Å². The number of nitrogens with zero attached hydrogens (tertiary/aromatic N) is 2. The zero-order valence-corrected chi connectivity index (χ0v) is 17.5. The van der Waals surface area contributed by atoms with Gasteiger partial charge >= 0.3 is 0 Å². The first-order valence-electron chi connectivity index (χ1n) is 10.1. The highest BCUT2D eigenvalue weighted by molar-refractivity contribution is 5.93. The Morgan fingerprint density at radius 1 is 1.00 bits per heavy atom. The number of methoxy groups -OCH3 is 1. The number of hydrogen-bond acceptors (Lipinski definition) is 7. The molecule has 1 amide bonds. The van der Waals surface area contributed by atoms with Crippen LogP contribution in [-0.2, 0) is 9.53 Å². The normalized spacial score (nSPS) is 15.4. The van der Waals surface area contributed by atoms with E-state index in [9.17, 15) is 4.79 Å². The third kappa shape index (κ3) is 5.49. The molecule has 1 saturated heterocycles. The van der Waals surface area contributed by atoms with Crippen molar-refractivity contribution in [2.24, 2.45) is 5.92 Å². The van der Waals surface area contributed by atoms with Crippen molar-refractivity contribution in [3.8, 4) is 5.75 Å². The number of carbonyl (C=O) groups is 1. The van der Waals surface area contributed by atoms with Crippen LogP contribution in [0.1, 0.15) is 12.1 Å². The highest BCUT2D eigenvalue weighted by atomic mass is 16.5. The molecule has 1 atom stereocenters. The topological polar surface area (TPSA) is 97.4 Å². The van der Waals surface area contributed by atoms with Crippen LogP contribution in [0.15, 0.2) is 54.6 Å². The fourth-order valence-corrected chi connectivity index (χ4v) is 3.26. The summed E-state index contributed by atoms with van der Waals surface area (Å²) in [5, 5.41) is 9.42. The van der Waals surface area contributed by atoms with E-state index in [-0.39, 0.29) is 11.8 Å². The van der Waals surface area contributed by atoms with E-state index in [1.807, 2.05) is 61.5 Å². The number of amides is 1. The molecule has 2 heterocycles. The Balaban J connectivity index is 1.40. The van der Waals surface area contributed by atoms with Crippen molar-refractivity contribution in [2.45, 2.75) is 13.3 Å². The first-order valence-corrected chi connectivity index (χ1v) is 10.1. The van der Waals surface area contributed by atoms with Crippen LogP contribution in [-0.4, -0.2) is 36.2 Å². The Kier molecular flexibility index (Phi) is 6.28. The standard InChI is InChI=1S/C23H25N5O3/c1-15-13-21(25-17-7-9-20(30-2)10-8-17)28-23(24-15)27-19-5-3-18(4-6-19)26-22(29)16-11-12-31-14-16/h3-10,13,16H,11-12,14H2,1-2H3,(H,26,29)(H2,24,25,27,28)/t16-/m0/s1. The number of benzene rings is 2. The molecular weight excluding hydrogens is 394 g/mol. The molecule has 4 rings (SSSR count). The molecule has 1 aliphatic rings. The molecule has 0 unspecified atom stereocenters. The van der Waals surface area contributed by atoms with E-state index in [1.165, 1.54) is 0 Å². The zero-order chi connectivity index (χ0) is 21.6. The van der Waals surface area contributed by atoms with Crippen LogP contribution in [0.5, 0.6) is 5.75 Å². The summed E-state index contributed by atoms with van der Waals surface area (Å²) in [6.45, 7) is 3.05. The van der Waals surface area contributed by atoms with E-state index in [0.29, 0.717) is 25.0 Å². The summed E-state index contributed by atoms with van der Waals surface area (Å²) in [4.78, 5) is 21.2. The molecule has 0 saturated carbocycles. The van der Waals surface area contributed by atoms with Gasteiger partial charge in [0.15, 0.2) is 0 Å². The third-order valence-electron chi connectivity index (χ3n) is 4.93. The highest BCUT2D eigenvalue weighted by Gasteiger charge is 2.23. The SMILES string of the molecule is COc1ccc(Nc2cc(C)nc(Nc3ccc(NC(=O)[C@H]4CCOC4)cc3)n2)cc1. The summed E-state index contributed by atoms with van der Waals surface area (Å²) >= 11 is 0. The predicted octanol–water partition coefficient (Wildman–Crippen LogP) is 4.26. The van der Waals surface area contributed by atoms with E-state index >= 15 is 0 Å². The molecule has 8 nitrogen and oxygen atoms in total. The molecule has 160 valence electrons. The average molecular weight is 419 g/mol. The van der Waals surface area contributed by atoms with Crippen molar-refractivity contribution < 1.29 is 14.3 Å². The van der Waals surface area contributed by atoms with Crippen LogP contribution in [0.25, 0.3) is 0 Å². The van der Waals surface area contributed by atoms with E-state index in [2.05, 4.69) is 25.9 Å². The third-order valence-corrected chi connectivity index (χ3v) is 4.93. The van der Waals surface area contributed by atoms with Gasteiger partial charge in [-0.05, 0) is 61.9 Å². The van der Waals surface area contributed by atoms with Crippen LogP contribution in [0.4, 0.5) is 28.8 Å². The molecule has 3 aromatic rings. The Labute approximate surface area is 181 Å². The van der Waals surface area contributed by atoms with Gasteiger partial charge in [-0.1, -0.05) is 0 Å². The number of aryl methyl sites for hydroxylation is 1. The lowest BCUT2D eigenvalue weighted by Crippen LogP contribution is -2.22. The maximum atomic E-state index is 12.2. The zero-order valence-electron chi connectivity index (χ0n) is 17.5. The maximum absolute atomic E-state index is 12.2. The van der Waals surface area contributed by atoms with Crippen molar-refractivity contribution in [1.82, 2.24) is 9.97 Å². The molecule has 8 heteroatoms. The first-order chi connectivity index (χ1) is 15.1. The quantitative estimate of drug-likeness (QED) is 0.526. The second-order valence-electron chi connectivity index (χ2n) is 7.32. The molecule has 0 bridgehead atoms. The number of hydrogen-bond donors (Lipinski definition) is 3. The minimum Gasteiger partial charge on any atom is -0.497 e. The van der Waals surface area contributed by atoms with Gasteiger partial charge in [0.2, 0.25) is 11.9 Å². The van der Waals surface area contributed by atoms with Gasteiger partial charge in [0, 0.05) is 35.4 Å². The minimum atomic E-state index is -0.0740. The summed E-state index contributed by atoms with van der Waals surface area (Å²) in [5.74, 6) is 1.88. The highest BCUT2D eigenvalue weighted by Crippen LogP contribution is 2.22. The van der Waals surface area contributed by atoms with Gasteiger partial charge < -0.3 is 25.4 Å². The molecule has 0 radical (unpaired) electrons. The molecule has 0 aliphatic carbocycles. The summed E-state index contributed by atoms with van der Waals surface area (Å²) < 4.78 is 10.5. The van der Waals surface area contributed by atoms with Gasteiger partial charge in [0.25, 0.3) is 0 Å².